The van der Waals surface area contributed by atoms with Crippen molar-refractivity contribution in [2.75, 3.05) is 0 Å². The van der Waals surface area contributed by atoms with Gasteiger partial charge in [-0.25, -0.2) is 9.37 Å². The third-order valence-corrected chi connectivity index (χ3v) is 2.78. The Balaban J connectivity index is 2.19. The standard InChI is InChI=1S/C13H7ClFN2/c14-10-3-9(4-11(15)6-10)8-1-2-12-13(5-8)17-7-16-12/h1-6H,(H,16,17). The molecule has 0 spiro atoms. The molecule has 0 atom stereocenters. The van der Waals surface area contributed by atoms with Gasteiger partial charge in [0.25, 0.3) is 0 Å². The van der Waals surface area contributed by atoms with Crippen LogP contribution < -0.4 is 0 Å². The number of benzene rings is 2. The third-order valence-electron chi connectivity index (χ3n) is 2.56. The predicted molar refractivity (Wildman–Crippen MR) is 65.3 cm³/mol. The normalized spacial score (nSPS) is 10.9. The van der Waals surface area contributed by atoms with Gasteiger partial charge in [-0.15, -0.1) is 0 Å². The molecule has 0 saturated carbocycles. The molecule has 1 radical (unpaired) electrons. The third kappa shape index (κ3) is 1.89. The smallest absolute Gasteiger partial charge is 0.174 e. The van der Waals surface area contributed by atoms with Gasteiger partial charge in [-0.3, -0.25) is 0 Å². The van der Waals surface area contributed by atoms with E-state index in [1.54, 1.807) is 6.07 Å². The van der Waals surface area contributed by atoms with E-state index >= 15 is 0 Å². The SMILES string of the molecule is Fc1cc(Cl)cc(-c2ccc3[nH][c]nc3c2)c1. The zero-order valence-electron chi connectivity index (χ0n) is 8.67. The molecular weight excluding hydrogens is 239 g/mol. The summed E-state index contributed by atoms with van der Waals surface area (Å²) in [4.78, 5) is 6.93. The van der Waals surface area contributed by atoms with Gasteiger partial charge in [0.2, 0.25) is 0 Å². The number of aromatic amines is 1. The van der Waals surface area contributed by atoms with Crippen LogP contribution in [0, 0.1) is 12.1 Å². The van der Waals surface area contributed by atoms with Crippen LogP contribution in [0.25, 0.3) is 22.2 Å². The summed E-state index contributed by atoms with van der Waals surface area (Å²) in [7, 11) is 0. The van der Waals surface area contributed by atoms with Gasteiger partial charge < -0.3 is 4.98 Å². The van der Waals surface area contributed by atoms with Crippen molar-refractivity contribution in [3.8, 4) is 11.1 Å². The minimum atomic E-state index is -0.346. The average Bonchev–Trinajstić information content (AvgIpc) is 2.74. The van der Waals surface area contributed by atoms with Gasteiger partial charge in [-0.05, 0) is 41.5 Å². The molecule has 1 heterocycles. The van der Waals surface area contributed by atoms with E-state index in [0.717, 1.165) is 22.2 Å². The maximum atomic E-state index is 13.3. The molecule has 83 valence electrons. The Labute approximate surface area is 102 Å². The molecular formula is C13H7ClFN2. The van der Waals surface area contributed by atoms with Crippen molar-refractivity contribution >= 4 is 22.6 Å². The number of fused-ring (bicyclic) bond motifs is 1. The van der Waals surface area contributed by atoms with Crippen LogP contribution in [-0.4, -0.2) is 9.97 Å². The summed E-state index contributed by atoms with van der Waals surface area (Å²) in [5, 5.41) is 0.383. The Morgan fingerprint density at radius 3 is 2.82 bits per heavy atom. The van der Waals surface area contributed by atoms with Crippen molar-refractivity contribution in [2.24, 2.45) is 0 Å². The second-order valence-corrected chi connectivity index (χ2v) is 4.18. The number of H-pyrrole nitrogens is 1. The Bertz CT molecular complexity index is 670. The second-order valence-electron chi connectivity index (χ2n) is 3.74. The fraction of sp³-hybridized carbons (Fsp3) is 0. The molecule has 0 unspecified atom stereocenters. The minimum absolute atomic E-state index is 0.346. The van der Waals surface area contributed by atoms with Crippen molar-refractivity contribution in [1.29, 1.82) is 0 Å². The average molecular weight is 246 g/mol. The quantitative estimate of drug-likeness (QED) is 0.694. The van der Waals surface area contributed by atoms with Gasteiger partial charge >= 0.3 is 0 Å². The topological polar surface area (TPSA) is 28.7 Å². The van der Waals surface area contributed by atoms with E-state index in [-0.39, 0.29) is 5.82 Å². The minimum Gasteiger partial charge on any atom is -0.335 e. The zero-order valence-corrected chi connectivity index (χ0v) is 9.42. The number of hydrogen-bond donors (Lipinski definition) is 1. The number of imidazole rings is 1. The highest BCUT2D eigenvalue weighted by Gasteiger charge is 2.04. The molecule has 0 bridgehead atoms. The summed E-state index contributed by atoms with van der Waals surface area (Å²) in [5.41, 5.74) is 3.30. The lowest BCUT2D eigenvalue weighted by molar-refractivity contribution is 0.628. The fourth-order valence-corrected chi connectivity index (χ4v) is 2.00. The van der Waals surface area contributed by atoms with Gasteiger partial charge in [0, 0.05) is 5.02 Å². The van der Waals surface area contributed by atoms with Crippen molar-refractivity contribution in [3.63, 3.8) is 0 Å². The lowest BCUT2D eigenvalue weighted by atomic mass is 10.1. The molecule has 3 aromatic rings. The summed E-state index contributed by atoms with van der Waals surface area (Å²) in [6, 6.07) is 10.1. The van der Waals surface area contributed by atoms with E-state index in [2.05, 4.69) is 16.3 Å². The number of halogens is 2. The van der Waals surface area contributed by atoms with Gasteiger partial charge in [-0.1, -0.05) is 17.7 Å². The van der Waals surface area contributed by atoms with Crippen LogP contribution in [0.4, 0.5) is 4.39 Å². The largest absolute Gasteiger partial charge is 0.335 e. The zero-order chi connectivity index (χ0) is 11.8. The van der Waals surface area contributed by atoms with Gasteiger partial charge in [0.05, 0.1) is 11.0 Å². The number of nitrogens with zero attached hydrogens (tertiary/aromatic N) is 1. The molecule has 4 heteroatoms. The van der Waals surface area contributed by atoms with Crippen LogP contribution in [0.1, 0.15) is 0 Å². The van der Waals surface area contributed by atoms with Crippen LogP contribution in [0.2, 0.25) is 5.02 Å². The fourth-order valence-electron chi connectivity index (χ4n) is 1.78. The Kier molecular flexibility index (Phi) is 2.34. The number of aromatic nitrogens is 2. The summed E-state index contributed by atoms with van der Waals surface area (Å²) >= 11 is 5.83. The molecule has 0 aliphatic rings. The molecule has 17 heavy (non-hydrogen) atoms. The van der Waals surface area contributed by atoms with Gasteiger partial charge in [-0.2, -0.15) is 0 Å². The molecule has 0 fully saturated rings. The number of hydrogen-bond acceptors (Lipinski definition) is 1. The van der Waals surface area contributed by atoms with E-state index in [1.807, 2.05) is 18.2 Å². The summed E-state index contributed by atoms with van der Waals surface area (Å²) < 4.78 is 13.3. The van der Waals surface area contributed by atoms with Gasteiger partial charge in [0.1, 0.15) is 5.82 Å². The highest BCUT2D eigenvalue weighted by Crippen LogP contribution is 2.26. The first-order valence-electron chi connectivity index (χ1n) is 5.05. The summed E-state index contributed by atoms with van der Waals surface area (Å²) in [6.07, 6.45) is 2.66. The molecule has 2 aromatic carbocycles. The molecule has 1 aromatic heterocycles. The van der Waals surface area contributed by atoms with Crippen LogP contribution in [0.5, 0.6) is 0 Å². The Morgan fingerprint density at radius 2 is 2.00 bits per heavy atom. The van der Waals surface area contributed by atoms with Crippen LogP contribution >= 0.6 is 11.6 Å². The maximum Gasteiger partial charge on any atom is 0.174 e. The van der Waals surface area contributed by atoms with E-state index < -0.39 is 0 Å². The van der Waals surface area contributed by atoms with E-state index in [0.29, 0.717) is 5.02 Å². The van der Waals surface area contributed by atoms with Gasteiger partial charge in [0.15, 0.2) is 6.33 Å². The van der Waals surface area contributed by atoms with Crippen molar-refractivity contribution in [2.45, 2.75) is 0 Å². The van der Waals surface area contributed by atoms with E-state index in [1.165, 1.54) is 12.1 Å². The first-order valence-corrected chi connectivity index (χ1v) is 5.42. The summed E-state index contributed by atoms with van der Waals surface area (Å²) in [5.74, 6) is -0.346. The van der Waals surface area contributed by atoms with Crippen molar-refractivity contribution in [1.82, 2.24) is 9.97 Å². The van der Waals surface area contributed by atoms with Crippen LogP contribution in [0.15, 0.2) is 36.4 Å². The number of nitrogens with one attached hydrogen (secondary N) is 1. The maximum absolute atomic E-state index is 13.3. The van der Waals surface area contributed by atoms with E-state index in [9.17, 15) is 4.39 Å². The lowest BCUT2D eigenvalue weighted by Crippen LogP contribution is -1.81. The highest BCUT2D eigenvalue weighted by atomic mass is 35.5. The van der Waals surface area contributed by atoms with Crippen LogP contribution in [0.3, 0.4) is 0 Å². The first kappa shape index (κ1) is 10.3. The predicted octanol–water partition coefficient (Wildman–Crippen LogP) is 3.82. The first-order chi connectivity index (χ1) is 8.22. The monoisotopic (exact) mass is 245 g/mol. The van der Waals surface area contributed by atoms with Crippen molar-refractivity contribution < 1.29 is 4.39 Å². The Hall–Kier alpha value is -1.87. The molecule has 2 nitrogen and oxygen atoms in total. The number of rotatable bonds is 1. The molecule has 0 saturated heterocycles. The molecule has 0 aliphatic carbocycles. The Morgan fingerprint density at radius 1 is 1.12 bits per heavy atom. The summed E-state index contributed by atoms with van der Waals surface area (Å²) in [6.45, 7) is 0. The second kappa shape index (κ2) is 3.86. The lowest BCUT2D eigenvalue weighted by Gasteiger charge is -2.03. The molecule has 0 aliphatic heterocycles. The molecule has 1 N–H and O–H groups in total. The van der Waals surface area contributed by atoms with Crippen molar-refractivity contribution in [3.05, 3.63) is 53.6 Å². The molecule has 3 rings (SSSR count). The molecule has 0 amide bonds. The van der Waals surface area contributed by atoms with Crippen LogP contribution in [-0.2, 0) is 0 Å². The van der Waals surface area contributed by atoms with E-state index in [4.69, 9.17) is 11.6 Å². The highest BCUT2D eigenvalue weighted by molar-refractivity contribution is 6.30.